The van der Waals surface area contributed by atoms with Crippen molar-refractivity contribution in [3.8, 4) is 11.4 Å². The first-order chi connectivity index (χ1) is 17.3. The van der Waals surface area contributed by atoms with E-state index in [1.54, 1.807) is 6.20 Å². The van der Waals surface area contributed by atoms with Gasteiger partial charge in [0.1, 0.15) is 11.5 Å². The summed E-state index contributed by atoms with van der Waals surface area (Å²) in [6.07, 6.45) is 9.53. The Morgan fingerprint density at radius 2 is 1.91 bits per heavy atom. The average molecular weight is 466 g/mol. The van der Waals surface area contributed by atoms with Gasteiger partial charge in [-0.05, 0) is 49.4 Å². The number of β-amino-alcohol motifs (C(OH)–C–C–N with tert-alkyl or cyclic N) is 1. The van der Waals surface area contributed by atoms with E-state index in [-0.39, 0.29) is 6.04 Å². The summed E-state index contributed by atoms with van der Waals surface area (Å²) in [7, 11) is 0. The summed E-state index contributed by atoms with van der Waals surface area (Å²) in [5.41, 5.74) is 4.82. The van der Waals surface area contributed by atoms with E-state index in [2.05, 4.69) is 37.7 Å². The number of aromatic nitrogens is 5. The summed E-state index contributed by atoms with van der Waals surface area (Å²) in [6.45, 7) is 1.44. The lowest BCUT2D eigenvalue weighted by atomic mass is 9.79. The van der Waals surface area contributed by atoms with E-state index in [9.17, 15) is 5.11 Å². The minimum Gasteiger partial charge on any atom is -0.390 e. The molecule has 8 heteroatoms. The lowest BCUT2D eigenvalue weighted by Crippen LogP contribution is -2.47. The Labute approximate surface area is 202 Å². The topological polar surface area (TPSA) is 112 Å². The molecular weight excluding hydrogens is 438 g/mol. The van der Waals surface area contributed by atoms with Gasteiger partial charge in [0.05, 0.1) is 23.9 Å². The minimum atomic E-state index is -0.479. The Bertz CT molecular complexity index is 1560. The number of hydrogen-bond acceptors (Lipinski definition) is 7. The molecule has 1 saturated heterocycles. The van der Waals surface area contributed by atoms with Crippen LogP contribution < -0.4 is 10.6 Å². The van der Waals surface area contributed by atoms with Crippen molar-refractivity contribution in [2.75, 3.05) is 18.4 Å². The second kappa shape index (κ2) is 8.25. The van der Waals surface area contributed by atoms with Crippen molar-refractivity contribution in [1.82, 2.24) is 30.2 Å². The average Bonchev–Trinajstić information content (AvgIpc) is 3.23. The van der Waals surface area contributed by atoms with Crippen molar-refractivity contribution >= 4 is 38.7 Å². The summed E-state index contributed by atoms with van der Waals surface area (Å²) >= 11 is 0. The van der Waals surface area contributed by atoms with Crippen LogP contribution in [0.25, 0.3) is 44.2 Å². The van der Waals surface area contributed by atoms with E-state index in [4.69, 9.17) is 9.97 Å². The number of nitrogens with zero attached hydrogens (tertiary/aromatic N) is 4. The highest BCUT2D eigenvalue weighted by molar-refractivity contribution is 6.12. The highest BCUT2D eigenvalue weighted by atomic mass is 16.3. The number of hydrogen-bond donors (Lipinski definition) is 4. The van der Waals surface area contributed by atoms with E-state index in [1.807, 2.05) is 30.6 Å². The van der Waals surface area contributed by atoms with Crippen LogP contribution in [0.5, 0.6) is 0 Å². The lowest BCUT2D eigenvalue weighted by molar-refractivity contribution is 0.128. The number of pyridine rings is 2. The molecule has 0 amide bonds. The minimum absolute atomic E-state index is 0.0739. The zero-order chi connectivity index (χ0) is 23.4. The van der Waals surface area contributed by atoms with E-state index in [0.29, 0.717) is 18.3 Å². The van der Waals surface area contributed by atoms with Gasteiger partial charge in [-0.25, -0.2) is 15.0 Å². The van der Waals surface area contributed by atoms with Gasteiger partial charge in [-0.1, -0.05) is 24.6 Å². The van der Waals surface area contributed by atoms with Crippen LogP contribution in [-0.2, 0) is 0 Å². The first-order valence-corrected chi connectivity index (χ1v) is 12.4. The second-order valence-electron chi connectivity index (χ2n) is 9.71. The third-order valence-corrected chi connectivity index (χ3v) is 7.59. The van der Waals surface area contributed by atoms with E-state index < -0.39 is 6.10 Å². The summed E-state index contributed by atoms with van der Waals surface area (Å²) in [5, 5.41) is 20.7. The fourth-order valence-electron chi connectivity index (χ4n) is 5.50. The van der Waals surface area contributed by atoms with Crippen LogP contribution in [0, 0.1) is 0 Å². The molecule has 7 rings (SSSR count). The van der Waals surface area contributed by atoms with Crippen molar-refractivity contribution in [2.24, 2.45) is 0 Å². The molecule has 1 aliphatic heterocycles. The molecule has 2 aliphatic rings. The Morgan fingerprint density at radius 3 is 2.77 bits per heavy atom. The maximum Gasteiger partial charge on any atom is 0.163 e. The highest BCUT2D eigenvalue weighted by Gasteiger charge is 2.28. The molecule has 5 heterocycles. The zero-order valence-electron chi connectivity index (χ0n) is 19.3. The lowest BCUT2D eigenvalue weighted by Gasteiger charge is -2.31. The Kier molecular flexibility index (Phi) is 4.89. The second-order valence-corrected chi connectivity index (χ2v) is 9.71. The van der Waals surface area contributed by atoms with Gasteiger partial charge in [-0.2, -0.15) is 0 Å². The van der Waals surface area contributed by atoms with Crippen LogP contribution in [0.1, 0.15) is 37.2 Å². The number of aromatic amines is 1. The van der Waals surface area contributed by atoms with Gasteiger partial charge >= 0.3 is 0 Å². The smallest absolute Gasteiger partial charge is 0.163 e. The summed E-state index contributed by atoms with van der Waals surface area (Å²) in [5.74, 6) is 1.90. The fourth-order valence-corrected chi connectivity index (χ4v) is 5.50. The van der Waals surface area contributed by atoms with Crippen LogP contribution >= 0.6 is 0 Å². The Balaban J connectivity index is 1.45. The van der Waals surface area contributed by atoms with Crippen LogP contribution in [0.15, 0.2) is 48.9 Å². The summed E-state index contributed by atoms with van der Waals surface area (Å²) < 4.78 is 0. The number of piperidine rings is 1. The molecule has 5 aromatic rings. The predicted molar refractivity (Wildman–Crippen MR) is 137 cm³/mol. The number of benzene rings is 1. The van der Waals surface area contributed by atoms with Crippen LogP contribution in [-0.4, -0.2) is 55.3 Å². The number of anilines is 1. The van der Waals surface area contributed by atoms with E-state index in [0.717, 1.165) is 70.0 Å². The van der Waals surface area contributed by atoms with Gasteiger partial charge in [0, 0.05) is 46.2 Å². The number of nitrogens with one attached hydrogen (secondary N) is 3. The maximum absolute atomic E-state index is 10.7. The number of fused-ring (bicyclic) bond motifs is 4. The third kappa shape index (κ3) is 3.44. The first-order valence-electron chi connectivity index (χ1n) is 12.4. The summed E-state index contributed by atoms with van der Waals surface area (Å²) in [4.78, 5) is 22.7. The number of para-hydroxylation sites is 1. The zero-order valence-corrected chi connectivity index (χ0v) is 19.3. The van der Waals surface area contributed by atoms with Crippen molar-refractivity contribution in [3.63, 3.8) is 0 Å². The van der Waals surface area contributed by atoms with Gasteiger partial charge in [-0.3, -0.25) is 4.98 Å². The molecule has 2 atom stereocenters. The molecule has 176 valence electrons. The molecule has 1 saturated carbocycles. The molecule has 0 spiro atoms. The number of aliphatic hydroxyl groups is 1. The van der Waals surface area contributed by atoms with Crippen molar-refractivity contribution in [1.29, 1.82) is 0 Å². The summed E-state index contributed by atoms with van der Waals surface area (Å²) in [6, 6.07) is 10.1. The van der Waals surface area contributed by atoms with Crippen LogP contribution in [0.2, 0.25) is 0 Å². The molecule has 2 fully saturated rings. The fraction of sp³-hybridized carbons (Fsp3) is 0.333. The molecule has 4 N–H and O–H groups in total. The van der Waals surface area contributed by atoms with Gasteiger partial charge in [0.15, 0.2) is 5.82 Å². The van der Waals surface area contributed by atoms with Crippen molar-refractivity contribution < 1.29 is 5.11 Å². The SMILES string of the molecule is O[C@H]1CNCC[C@H]1Nc1nc(-c2ccnc3[nH]c4ccccc4c23)nc2cncc(C3CCC3)c12. The molecule has 4 aromatic heterocycles. The van der Waals surface area contributed by atoms with E-state index >= 15 is 0 Å². The molecule has 8 nitrogen and oxygen atoms in total. The number of aliphatic hydroxyl groups excluding tert-OH is 1. The van der Waals surface area contributed by atoms with Gasteiger partial charge in [0.2, 0.25) is 0 Å². The standard InChI is InChI=1S/C27H27N7O/c35-22-14-28-10-9-20(22)32-27-24-18(15-4-3-5-15)12-29-13-21(24)33-25(34-27)17-8-11-30-26-23(17)16-6-1-2-7-19(16)31-26/h1-2,6-8,11-13,15,20,22,28,35H,3-5,9-10,14H2,(H,30,31)(H,32,33,34)/t20-,22+/m1/s1. The first kappa shape index (κ1) is 20.7. The molecule has 1 aliphatic carbocycles. The Morgan fingerprint density at radius 1 is 1.00 bits per heavy atom. The molecule has 1 aromatic carbocycles. The van der Waals surface area contributed by atoms with Gasteiger partial charge < -0.3 is 20.7 Å². The van der Waals surface area contributed by atoms with Crippen LogP contribution in [0.3, 0.4) is 0 Å². The Hall–Kier alpha value is -3.62. The third-order valence-electron chi connectivity index (χ3n) is 7.59. The quantitative estimate of drug-likeness (QED) is 0.316. The number of rotatable bonds is 4. The monoisotopic (exact) mass is 465 g/mol. The van der Waals surface area contributed by atoms with E-state index in [1.165, 1.54) is 12.0 Å². The number of H-pyrrole nitrogens is 1. The predicted octanol–water partition coefficient (Wildman–Crippen LogP) is 4.12. The van der Waals surface area contributed by atoms with Crippen LogP contribution in [0.4, 0.5) is 5.82 Å². The maximum atomic E-state index is 10.7. The molecule has 0 unspecified atom stereocenters. The highest BCUT2D eigenvalue weighted by Crippen LogP contribution is 2.42. The normalized spacial score (nSPS) is 20.9. The van der Waals surface area contributed by atoms with Gasteiger partial charge in [0.25, 0.3) is 0 Å². The molecule has 35 heavy (non-hydrogen) atoms. The van der Waals surface area contributed by atoms with Gasteiger partial charge in [-0.15, -0.1) is 0 Å². The van der Waals surface area contributed by atoms with Crippen molar-refractivity contribution in [2.45, 2.75) is 43.7 Å². The molecular formula is C27H27N7O. The largest absolute Gasteiger partial charge is 0.390 e. The molecule has 0 radical (unpaired) electrons. The van der Waals surface area contributed by atoms with Crippen molar-refractivity contribution in [3.05, 3.63) is 54.5 Å². The molecule has 0 bridgehead atoms.